The van der Waals surface area contributed by atoms with E-state index in [0.717, 1.165) is 56.2 Å². The zero-order valence-electron chi connectivity index (χ0n) is 15.8. The van der Waals surface area contributed by atoms with Gasteiger partial charge in [0.05, 0.1) is 12.2 Å². The third-order valence-corrected chi connectivity index (χ3v) is 7.36. The van der Waals surface area contributed by atoms with Gasteiger partial charge in [-0.25, -0.2) is 8.42 Å². The van der Waals surface area contributed by atoms with Gasteiger partial charge in [0.2, 0.25) is 10.0 Å². The first-order chi connectivity index (χ1) is 13.0. The fraction of sp³-hybridized carbons (Fsp3) is 0.476. The van der Waals surface area contributed by atoms with E-state index in [1.54, 1.807) is 10.4 Å². The van der Waals surface area contributed by atoms with Gasteiger partial charge in [-0.1, -0.05) is 43.2 Å². The smallest absolute Gasteiger partial charge is 0.236 e. The minimum Gasteiger partial charge on any atom is -0.272 e. The van der Waals surface area contributed by atoms with E-state index < -0.39 is 10.0 Å². The Hall–Kier alpha value is -1.92. The number of benzene rings is 1. The van der Waals surface area contributed by atoms with Crippen LogP contribution in [0.25, 0.3) is 6.08 Å². The highest BCUT2D eigenvalue weighted by Gasteiger charge is 2.33. The molecule has 0 N–H and O–H groups in total. The van der Waals surface area contributed by atoms with Crippen LogP contribution in [0.3, 0.4) is 0 Å². The van der Waals surface area contributed by atoms with Crippen LogP contribution >= 0.6 is 0 Å². The summed E-state index contributed by atoms with van der Waals surface area (Å²) in [6.45, 7) is 0.384. The summed E-state index contributed by atoms with van der Waals surface area (Å²) in [4.78, 5) is 0. The average molecular weight is 386 g/mol. The Morgan fingerprint density at radius 3 is 2.63 bits per heavy atom. The molecule has 0 unspecified atom stereocenters. The lowest BCUT2D eigenvalue weighted by molar-refractivity contribution is 0.315. The number of nitrogens with zero attached hydrogens (tertiary/aromatic N) is 3. The largest absolute Gasteiger partial charge is 0.272 e. The van der Waals surface area contributed by atoms with Crippen LogP contribution in [0, 0.1) is 0 Å². The molecular weight excluding hydrogens is 358 g/mol. The van der Waals surface area contributed by atoms with Gasteiger partial charge in [-0.15, -0.1) is 0 Å². The maximum absolute atomic E-state index is 13.2. The van der Waals surface area contributed by atoms with E-state index in [1.807, 2.05) is 42.1 Å². The second kappa shape index (κ2) is 7.60. The van der Waals surface area contributed by atoms with E-state index in [2.05, 4.69) is 5.10 Å². The Balaban J connectivity index is 1.63. The van der Waals surface area contributed by atoms with Crippen LogP contribution in [0.5, 0.6) is 0 Å². The number of aromatic nitrogens is 2. The highest BCUT2D eigenvalue weighted by molar-refractivity contribution is 7.92. The maximum Gasteiger partial charge on any atom is 0.236 e. The third kappa shape index (κ3) is 3.87. The van der Waals surface area contributed by atoms with Crippen molar-refractivity contribution in [2.75, 3.05) is 0 Å². The van der Waals surface area contributed by atoms with E-state index >= 15 is 0 Å². The maximum atomic E-state index is 13.2. The fourth-order valence-corrected chi connectivity index (χ4v) is 5.81. The molecular formula is C21H27N3O2S. The summed E-state index contributed by atoms with van der Waals surface area (Å²) in [5.41, 5.74) is 4.37. The monoisotopic (exact) mass is 385 g/mol. The second-order valence-electron chi connectivity index (χ2n) is 7.59. The van der Waals surface area contributed by atoms with Crippen LogP contribution in [-0.2, 0) is 36.5 Å². The molecule has 1 aromatic heterocycles. The van der Waals surface area contributed by atoms with Gasteiger partial charge in [-0.3, -0.25) is 4.68 Å². The SMILES string of the molecule is Cn1nc(CN(C2CCCC2)S(=O)(=O)/C=C/c2ccccc2)c2c1CCC2. The summed E-state index contributed by atoms with van der Waals surface area (Å²) in [5, 5.41) is 6.03. The molecule has 0 aliphatic heterocycles. The number of rotatable bonds is 6. The Bertz CT molecular complexity index is 926. The van der Waals surface area contributed by atoms with Gasteiger partial charge in [0, 0.05) is 24.2 Å². The van der Waals surface area contributed by atoms with Crippen molar-refractivity contribution in [1.29, 1.82) is 0 Å². The fourth-order valence-electron chi connectivity index (χ4n) is 4.40. The molecule has 5 nitrogen and oxygen atoms in total. The Morgan fingerprint density at radius 2 is 1.89 bits per heavy atom. The highest BCUT2D eigenvalue weighted by atomic mass is 32.2. The molecule has 2 aliphatic rings. The molecule has 1 fully saturated rings. The first kappa shape index (κ1) is 18.4. The van der Waals surface area contributed by atoms with Crippen molar-refractivity contribution in [3.63, 3.8) is 0 Å². The number of fused-ring (bicyclic) bond motifs is 1. The first-order valence-corrected chi connectivity index (χ1v) is 11.3. The van der Waals surface area contributed by atoms with Crippen molar-refractivity contribution in [2.45, 2.75) is 57.5 Å². The van der Waals surface area contributed by atoms with Crippen molar-refractivity contribution in [3.05, 3.63) is 58.3 Å². The molecule has 0 saturated heterocycles. The van der Waals surface area contributed by atoms with Gasteiger partial charge in [-0.05, 0) is 49.3 Å². The van der Waals surface area contributed by atoms with Crippen LogP contribution in [0.4, 0.5) is 0 Å². The van der Waals surface area contributed by atoms with Gasteiger partial charge in [0.25, 0.3) is 0 Å². The Kier molecular flexibility index (Phi) is 5.19. The molecule has 1 saturated carbocycles. The van der Waals surface area contributed by atoms with E-state index in [-0.39, 0.29) is 6.04 Å². The lowest BCUT2D eigenvalue weighted by Gasteiger charge is -2.26. The summed E-state index contributed by atoms with van der Waals surface area (Å²) in [7, 11) is -1.54. The predicted octanol–water partition coefficient (Wildman–Crippen LogP) is 3.65. The van der Waals surface area contributed by atoms with Crippen LogP contribution in [0.2, 0.25) is 0 Å². The van der Waals surface area contributed by atoms with Crippen molar-refractivity contribution >= 4 is 16.1 Å². The molecule has 1 aromatic carbocycles. The minimum absolute atomic E-state index is 0.0782. The second-order valence-corrected chi connectivity index (χ2v) is 9.36. The number of hydrogen-bond donors (Lipinski definition) is 0. The zero-order chi connectivity index (χ0) is 18.9. The molecule has 144 valence electrons. The van der Waals surface area contributed by atoms with Crippen molar-refractivity contribution < 1.29 is 8.42 Å². The lowest BCUT2D eigenvalue weighted by atomic mass is 10.2. The van der Waals surface area contributed by atoms with Gasteiger partial charge in [0.15, 0.2) is 0 Å². The lowest BCUT2D eigenvalue weighted by Crippen LogP contribution is -2.37. The summed E-state index contributed by atoms with van der Waals surface area (Å²) in [6, 6.07) is 9.67. The van der Waals surface area contributed by atoms with Crippen LogP contribution in [-0.4, -0.2) is 28.5 Å². The minimum atomic E-state index is -3.51. The normalized spacial score (nSPS) is 18.0. The number of sulfonamides is 1. The molecule has 0 spiro atoms. The standard InChI is InChI=1S/C21H27N3O2S/c1-23-21-13-7-12-19(21)20(22-23)16-24(18-10-5-6-11-18)27(25,26)15-14-17-8-3-2-4-9-17/h2-4,8-9,14-15,18H,5-7,10-13,16H2,1H3/b15-14+. The molecule has 0 bridgehead atoms. The van der Waals surface area contributed by atoms with Gasteiger partial charge >= 0.3 is 0 Å². The molecule has 4 rings (SSSR count). The van der Waals surface area contributed by atoms with E-state index in [9.17, 15) is 8.42 Å². The van der Waals surface area contributed by atoms with Crippen molar-refractivity contribution in [1.82, 2.24) is 14.1 Å². The molecule has 27 heavy (non-hydrogen) atoms. The van der Waals surface area contributed by atoms with Crippen LogP contribution in [0.1, 0.15) is 54.6 Å². The molecule has 2 aromatic rings. The number of aryl methyl sites for hydroxylation is 1. The predicted molar refractivity (Wildman–Crippen MR) is 107 cm³/mol. The zero-order valence-corrected chi connectivity index (χ0v) is 16.7. The van der Waals surface area contributed by atoms with Crippen LogP contribution in [0.15, 0.2) is 35.7 Å². The first-order valence-electron chi connectivity index (χ1n) is 9.83. The van der Waals surface area contributed by atoms with Crippen molar-refractivity contribution in [3.8, 4) is 0 Å². The molecule has 0 amide bonds. The average Bonchev–Trinajstić information content (AvgIpc) is 3.39. The quantitative estimate of drug-likeness (QED) is 0.763. The molecule has 0 atom stereocenters. The van der Waals surface area contributed by atoms with Gasteiger partial charge in [-0.2, -0.15) is 9.40 Å². The van der Waals surface area contributed by atoms with E-state index in [4.69, 9.17) is 0 Å². The molecule has 0 radical (unpaired) electrons. The van der Waals surface area contributed by atoms with Crippen molar-refractivity contribution in [2.24, 2.45) is 7.05 Å². The number of hydrogen-bond acceptors (Lipinski definition) is 3. The van der Waals surface area contributed by atoms with E-state index in [0.29, 0.717) is 6.54 Å². The summed E-state index contributed by atoms with van der Waals surface area (Å²) in [6.07, 6.45) is 8.96. The third-order valence-electron chi connectivity index (χ3n) is 5.79. The molecule has 1 heterocycles. The summed E-state index contributed by atoms with van der Waals surface area (Å²) in [5.74, 6) is 0. The summed E-state index contributed by atoms with van der Waals surface area (Å²) >= 11 is 0. The molecule has 6 heteroatoms. The molecule has 2 aliphatic carbocycles. The topological polar surface area (TPSA) is 55.2 Å². The van der Waals surface area contributed by atoms with Gasteiger partial charge < -0.3 is 0 Å². The van der Waals surface area contributed by atoms with Crippen LogP contribution < -0.4 is 0 Å². The summed E-state index contributed by atoms with van der Waals surface area (Å²) < 4.78 is 30.1. The highest BCUT2D eigenvalue weighted by Crippen LogP contribution is 2.31. The van der Waals surface area contributed by atoms with E-state index in [1.165, 1.54) is 16.7 Å². The Labute approximate surface area is 161 Å². The van der Waals surface area contributed by atoms with Gasteiger partial charge in [0.1, 0.15) is 0 Å². The Morgan fingerprint density at radius 1 is 1.15 bits per heavy atom.